The fraction of sp³-hybridized carbons (Fsp3) is 0.360. The second-order valence-electron chi connectivity index (χ2n) is 8.57. The van der Waals surface area contributed by atoms with Gasteiger partial charge < -0.3 is 14.6 Å². The predicted molar refractivity (Wildman–Crippen MR) is 129 cm³/mol. The van der Waals surface area contributed by atoms with Gasteiger partial charge in [-0.1, -0.05) is 37.1 Å². The van der Waals surface area contributed by atoms with Gasteiger partial charge in [-0.25, -0.2) is 18.1 Å². The van der Waals surface area contributed by atoms with Crippen LogP contribution in [-0.4, -0.2) is 37.0 Å². The Morgan fingerprint density at radius 1 is 1.15 bits per heavy atom. The van der Waals surface area contributed by atoms with Crippen LogP contribution in [-0.2, 0) is 23.1 Å². The van der Waals surface area contributed by atoms with Crippen LogP contribution in [0.3, 0.4) is 0 Å². The van der Waals surface area contributed by atoms with E-state index in [2.05, 4.69) is 19.6 Å². The molecule has 8 nitrogen and oxygen atoms in total. The molecule has 4 rings (SSSR count). The molecule has 1 aliphatic carbocycles. The Kier molecular flexibility index (Phi) is 7.33. The Bertz CT molecular complexity index is 1260. The number of carbonyl (C=O) groups is 1. The number of hydrogen-bond acceptors (Lipinski definition) is 5. The quantitative estimate of drug-likeness (QED) is 0.487. The molecule has 180 valence electrons. The predicted octanol–water partition coefficient (Wildman–Crippen LogP) is 3.40. The van der Waals surface area contributed by atoms with Gasteiger partial charge in [0, 0.05) is 37.1 Å². The number of amides is 1. The molecule has 0 spiro atoms. The average Bonchev–Trinajstić information content (AvgIpc) is 3.48. The maximum absolute atomic E-state index is 13.0. The summed E-state index contributed by atoms with van der Waals surface area (Å²) in [6, 6.07) is 12.4. The van der Waals surface area contributed by atoms with E-state index in [-0.39, 0.29) is 28.2 Å². The van der Waals surface area contributed by atoms with Crippen LogP contribution >= 0.6 is 0 Å². The van der Waals surface area contributed by atoms with Crippen molar-refractivity contribution in [3.63, 3.8) is 0 Å². The molecule has 3 aromatic rings. The van der Waals surface area contributed by atoms with E-state index >= 15 is 0 Å². The summed E-state index contributed by atoms with van der Waals surface area (Å²) in [5.74, 6) is 0.798. The van der Waals surface area contributed by atoms with Crippen LogP contribution in [0.25, 0.3) is 0 Å². The number of nitrogens with one attached hydrogen (secondary N) is 2. The number of sulfonamides is 1. The molecule has 0 atom stereocenters. The second kappa shape index (κ2) is 10.4. The molecule has 0 saturated heterocycles. The topological polar surface area (TPSA) is 102 Å². The smallest absolute Gasteiger partial charge is 0.251 e. The number of rotatable bonds is 9. The Morgan fingerprint density at radius 2 is 1.91 bits per heavy atom. The van der Waals surface area contributed by atoms with Crippen molar-refractivity contribution >= 4 is 15.9 Å². The highest BCUT2D eigenvalue weighted by atomic mass is 32.2. The summed E-state index contributed by atoms with van der Waals surface area (Å²) in [6.07, 6.45) is 7.36. The van der Waals surface area contributed by atoms with E-state index in [9.17, 15) is 13.2 Å². The molecule has 0 radical (unpaired) electrons. The SMILES string of the molecule is COc1ccc(C(=O)NCc2cccc(Cn3ccnc3C)c2)cc1S(=O)(=O)NC1CCCC1. The number of hydrogen-bond donors (Lipinski definition) is 2. The van der Waals surface area contributed by atoms with Gasteiger partial charge in [-0.15, -0.1) is 0 Å². The molecule has 2 N–H and O–H groups in total. The highest BCUT2D eigenvalue weighted by Gasteiger charge is 2.26. The van der Waals surface area contributed by atoms with Gasteiger partial charge in [0.15, 0.2) is 0 Å². The maximum atomic E-state index is 13.0. The van der Waals surface area contributed by atoms with Gasteiger partial charge in [0.05, 0.1) is 7.11 Å². The molecule has 0 bridgehead atoms. The molecule has 1 amide bonds. The zero-order chi connectivity index (χ0) is 24.1. The van der Waals surface area contributed by atoms with Crippen molar-refractivity contribution in [1.29, 1.82) is 0 Å². The third-order valence-electron chi connectivity index (χ3n) is 6.11. The molecule has 1 saturated carbocycles. The largest absolute Gasteiger partial charge is 0.495 e. The Hall–Kier alpha value is -3.17. The summed E-state index contributed by atoms with van der Waals surface area (Å²) in [5.41, 5.74) is 2.31. The molecule has 1 heterocycles. The van der Waals surface area contributed by atoms with Crippen molar-refractivity contribution in [2.24, 2.45) is 0 Å². The van der Waals surface area contributed by atoms with Gasteiger partial charge in [-0.05, 0) is 49.1 Å². The molecule has 1 aliphatic rings. The average molecular weight is 483 g/mol. The highest BCUT2D eigenvalue weighted by Crippen LogP contribution is 2.27. The lowest BCUT2D eigenvalue weighted by atomic mass is 10.1. The number of ether oxygens (including phenoxy) is 1. The van der Waals surface area contributed by atoms with E-state index in [0.29, 0.717) is 13.1 Å². The lowest BCUT2D eigenvalue weighted by Gasteiger charge is -2.16. The first-order chi connectivity index (χ1) is 16.4. The first-order valence-corrected chi connectivity index (χ1v) is 12.9. The third-order valence-corrected chi connectivity index (χ3v) is 7.66. The zero-order valence-electron chi connectivity index (χ0n) is 19.5. The summed E-state index contributed by atoms with van der Waals surface area (Å²) in [4.78, 5) is 17.1. The number of benzene rings is 2. The van der Waals surface area contributed by atoms with Crippen molar-refractivity contribution in [3.05, 3.63) is 77.4 Å². The number of carbonyl (C=O) groups excluding carboxylic acids is 1. The summed E-state index contributed by atoms with van der Waals surface area (Å²) < 4.78 is 36.0. The Labute approximate surface area is 200 Å². The standard InChI is InChI=1S/C25H30N4O4S/c1-18-26-12-13-29(18)17-20-7-5-6-19(14-20)16-27-25(30)21-10-11-23(33-2)24(15-21)34(31,32)28-22-8-3-4-9-22/h5-7,10-15,22,28H,3-4,8-9,16-17H2,1-2H3,(H,27,30). The molecule has 1 fully saturated rings. The van der Waals surface area contributed by atoms with Crippen LogP contribution in [0.15, 0.2) is 59.8 Å². The lowest BCUT2D eigenvalue weighted by molar-refractivity contribution is 0.0950. The van der Waals surface area contributed by atoms with Gasteiger partial charge in [-0.3, -0.25) is 4.79 Å². The third kappa shape index (κ3) is 5.66. The molecule has 0 aliphatic heterocycles. The summed E-state index contributed by atoms with van der Waals surface area (Å²) >= 11 is 0. The minimum atomic E-state index is -3.81. The molecular weight excluding hydrogens is 452 g/mol. The molecule has 1 aromatic heterocycles. The number of imidazole rings is 1. The van der Waals surface area contributed by atoms with E-state index in [0.717, 1.165) is 42.6 Å². The van der Waals surface area contributed by atoms with Crippen molar-refractivity contribution in [1.82, 2.24) is 19.6 Å². The maximum Gasteiger partial charge on any atom is 0.251 e. The molecule has 2 aromatic carbocycles. The van der Waals surface area contributed by atoms with Crippen molar-refractivity contribution in [2.75, 3.05) is 7.11 Å². The van der Waals surface area contributed by atoms with Crippen LogP contribution in [0.5, 0.6) is 5.75 Å². The van der Waals surface area contributed by atoms with Crippen LogP contribution in [0.2, 0.25) is 0 Å². The lowest BCUT2D eigenvalue weighted by Crippen LogP contribution is -2.33. The monoisotopic (exact) mass is 482 g/mol. The van der Waals surface area contributed by atoms with E-state index in [1.165, 1.54) is 19.2 Å². The van der Waals surface area contributed by atoms with E-state index < -0.39 is 10.0 Å². The fourth-order valence-electron chi connectivity index (χ4n) is 4.24. The Balaban J connectivity index is 1.45. The second-order valence-corrected chi connectivity index (χ2v) is 10.3. The molecule has 9 heteroatoms. The molecule has 34 heavy (non-hydrogen) atoms. The summed E-state index contributed by atoms with van der Waals surface area (Å²) in [7, 11) is -2.39. The van der Waals surface area contributed by atoms with Gasteiger partial charge in [0.1, 0.15) is 16.5 Å². The van der Waals surface area contributed by atoms with Crippen LogP contribution in [0.1, 0.15) is 53.0 Å². The van der Waals surface area contributed by atoms with E-state index in [4.69, 9.17) is 4.74 Å². The van der Waals surface area contributed by atoms with Gasteiger partial charge in [-0.2, -0.15) is 0 Å². The summed E-state index contributed by atoms with van der Waals surface area (Å²) in [5, 5.41) is 2.89. The number of nitrogens with zero attached hydrogens (tertiary/aromatic N) is 2. The van der Waals surface area contributed by atoms with Crippen LogP contribution in [0, 0.1) is 6.92 Å². The number of methoxy groups -OCH3 is 1. The Morgan fingerprint density at radius 3 is 2.62 bits per heavy atom. The van der Waals surface area contributed by atoms with Crippen molar-refractivity contribution in [3.8, 4) is 5.75 Å². The van der Waals surface area contributed by atoms with Crippen LogP contribution < -0.4 is 14.8 Å². The molecular formula is C25H30N4O4S. The van der Waals surface area contributed by atoms with Gasteiger partial charge in [0.2, 0.25) is 10.0 Å². The minimum absolute atomic E-state index is 0.0211. The van der Waals surface area contributed by atoms with Crippen molar-refractivity contribution in [2.45, 2.75) is 56.6 Å². The van der Waals surface area contributed by atoms with Gasteiger partial charge >= 0.3 is 0 Å². The van der Waals surface area contributed by atoms with Gasteiger partial charge in [0.25, 0.3) is 5.91 Å². The number of aromatic nitrogens is 2. The number of aryl methyl sites for hydroxylation is 1. The zero-order valence-corrected chi connectivity index (χ0v) is 20.3. The molecule has 0 unspecified atom stereocenters. The first kappa shape index (κ1) is 24.0. The van der Waals surface area contributed by atoms with Crippen molar-refractivity contribution < 1.29 is 17.9 Å². The van der Waals surface area contributed by atoms with E-state index in [1.807, 2.05) is 37.4 Å². The summed E-state index contributed by atoms with van der Waals surface area (Å²) in [6.45, 7) is 2.97. The van der Waals surface area contributed by atoms with Crippen LogP contribution in [0.4, 0.5) is 0 Å². The first-order valence-electron chi connectivity index (χ1n) is 11.4. The minimum Gasteiger partial charge on any atom is -0.495 e. The van der Waals surface area contributed by atoms with E-state index in [1.54, 1.807) is 12.3 Å². The normalized spacial score (nSPS) is 14.3. The highest BCUT2D eigenvalue weighted by molar-refractivity contribution is 7.89. The fourth-order valence-corrected chi connectivity index (χ4v) is 5.74.